The fourth-order valence-corrected chi connectivity index (χ4v) is 1.91. The van der Waals surface area contributed by atoms with Gasteiger partial charge in [-0.15, -0.1) is 0 Å². The van der Waals surface area contributed by atoms with Crippen LogP contribution in [-0.2, 0) is 14.3 Å². The SMILES string of the molecule is COCCN(CCOC)CC(=O)Nc1ccc(N)cc1OC. The molecule has 0 aromatic heterocycles. The molecule has 0 unspecified atom stereocenters. The molecular formula is C15H25N3O4. The molecule has 124 valence electrons. The molecule has 0 heterocycles. The number of hydrogen-bond acceptors (Lipinski definition) is 6. The third-order valence-electron chi connectivity index (χ3n) is 3.09. The van der Waals surface area contributed by atoms with Crippen molar-refractivity contribution in [3.05, 3.63) is 18.2 Å². The molecule has 0 spiro atoms. The quantitative estimate of drug-likeness (QED) is 0.622. The number of hydrogen-bond donors (Lipinski definition) is 2. The summed E-state index contributed by atoms with van der Waals surface area (Å²) in [6.45, 7) is 2.68. The van der Waals surface area contributed by atoms with Crippen molar-refractivity contribution in [3.63, 3.8) is 0 Å². The lowest BCUT2D eigenvalue weighted by Gasteiger charge is -2.21. The Kier molecular flexibility index (Phi) is 8.27. The Balaban J connectivity index is 2.62. The van der Waals surface area contributed by atoms with Crippen LogP contribution in [-0.4, -0.2) is 65.0 Å². The third-order valence-corrected chi connectivity index (χ3v) is 3.09. The summed E-state index contributed by atoms with van der Waals surface area (Å²) in [5.74, 6) is 0.406. The van der Waals surface area contributed by atoms with E-state index in [1.54, 1.807) is 32.4 Å². The zero-order valence-electron chi connectivity index (χ0n) is 13.4. The Morgan fingerprint density at radius 3 is 2.36 bits per heavy atom. The van der Waals surface area contributed by atoms with Gasteiger partial charge in [-0.25, -0.2) is 0 Å². The molecule has 0 fully saturated rings. The maximum atomic E-state index is 12.2. The molecule has 0 bridgehead atoms. The van der Waals surface area contributed by atoms with Gasteiger partial charge in [0.2, 0.25) is 5.91 Å². The molecule has 0 saturated heterocycles. The van der Waals surface area contributed by atoms with Crippen LogP contribution >= 0.6 is 0 Å². The number of carbonyl (C=O) groups is 1. The van der Waals surface area contributed by atoms with Crippen LogP contribution < -0.4 is 15.8 Å². The molecule has 22 heavy (non-hydrogen) atoms. The number of methoxy groups -OCH3 is 3. The predicted molar refractivity (Wildman–Crippen MR) is 86.2 cm³/mol. The first-order valence-corrected chi connectivity index (χ1v) is 7.04. The smallest absolute Gasteiger partial charge is 0.238 e. The molecule has 0 aliphatic heterocycles. The highest BCUT2D eigenvalue weighted by Crippen LogP contribution is 2.26. The predicted octanol–water partition coefficient (Wildman–Crippen LogP) is 0.811. The summed E-state index contributed by atoms with van der Waals surface area (Å²) in [5, 5.41) is 2.83. The molecule has 0 saturated carbocycles. The van der Waals surface area contributed by atoms with Crippen LogP contribution in [0.15, 0.2) is 18.2 Å². The molecule has 0 aliphatic rings. The average Bonchev–Trinajstić information content (AvgIpc) is 2.51. The summed E-state index contributed by atoms with van der Waals surface area (Å²) in [6.07, 6.45) is 0. The van der Waals surface area contributed by atoms with Crippen molar-refractivity contribution < 1.29 is 19.0 Å². The number of rotatable bonds is 10. The normalized spacial score (nSPS) is 10.7. The number of nitrogens with two attached hydrogens (primary N) is 1. The lowest BCUT2D eigenvalue weighted by molar-refractivity contribution is -0.117. The van der Waals surface area contributed by atoms with Gasteiger partial charge in [0.15, 0.2) is 0 Å². The van der Waals surface area contributed by atoms with Crippen molar-refractivity contribution in [3.8, 4) is 5.75 Å². The highest BCUT2D eigenvalue weighted by Gasteiger charge is 2.13. The highest BCUT2D eigenvalue weighted by atomic mass is 16.5. The summed E-state index contributed by atoms with van der Waals surface area (Å²) in [5.41, 5.74) is 6.87. The van der Waals surface area contributed by atoms with E-state index in [1.807, 2.05) is 4.90 Å². The van der Waals surface area contributed by atoms with E-state index >= 15 is 0 Å². The first-order chi connectivity index (χ1) is 10.6. The van der Waals surface area contributed by atoms with Gasteiger partial charge in [0, 0.05) is 39.1 Å². The van der Waals surface area contributed by atoms with E-state index < -0.39 is 0 Å². The van der Waals surface area contributed by atoms with Gasteiger partial charge in [-0.3, -0.25) is 9.69 Å². The van der Waals surface area contributed by atoms with E-state index in [4.69, 9.17) is 19.9 Å². The molecule has 0 atom stereocenters. The molecule has 3 N–H and O–H groups in total. The first-order valence-electron chi connectivity index (χ1n) is 7.04. The second kappa shape index (κ2) is 9.99. The summed E-state index contributed by atoms with van der Waals surface area (Å²) in [4.78, 5) is 14.1. The van der Waals surface area contributed by atoms with Crippen molar-refractivity contribution >= 4 is 17.3 Å². The Hall–Kier alpha value is -1.83. The molecular weight excluding hydrogens is 286 g/mol. The molecule has 1 aromatic rings. The molecule has 1 rings (SSSR count). The number of nitrogens with zero attached hydrogens (tertiary/aromatic N) is 1. The fourth-order valence-electron chi connectivity index (χ4n) is 1.91. The summed E-state index contributed by atoms with van der Waals surface area (Å²) >= 11 is 0. The van der Waals surface area contributed by atoms with E-state index in [0.29, 0.717) is 43.4 Å². The number of nitrogen functional groups attached to an aromatic ring is 1. The number of carbonyl (C=O) groups excluding carboxylic acids is 1. The minimum atomic E-state index is -0.129. The minimum Gasteiger partial charge on any atom is -0.494 e. The molecule has 7 heteroatoms. The van der Waals surface area contributed by atoms with Gasteiger partial charge >= 0.3 is 0 Å². The summed E-state index contributed by atoms with van der Waals surface area (Å²) in [7, 11) is 4.80. The van der Waals surface area contributed by atoms with Crippen molar-refractivity contribution in [1.29, 1.82) is 0 Å². The van der Waals surface area contributed by atoms with Crippen molar-refractivity contribution in [1.82, 2.24) is 4.90 Å². The Bertz CT molecular complexity index is 460. The lowest BCUT2D eigenvalue weighted by Crippen LogP contribution is -2.37. The van der Waals surface area contributed by atoms with Crippen LogP contribution in [0, 0.1) is 0 Å². The van der Waals surface area contributed by atoms with Crippen molar-refractivity contribution in [2.75, 3.05) is 65.2 Å². The van der Waals surface area contributed by atoms with E-state index in [-0.39, 0.29) is 12.5 Å². The standard InChI is InChI=1S/C15H25N3O4/c1-20-8-6-18(7-9-21-2)11-15(19)17-13-5-4-12(16)10-14(13)22-3/h4-5,10H,6-9,11,16H2,1-3H3,(H,17,19). The Morgan fingerprint density at radius 1 is 1.18 bits per heavy atom. The average molecular weight is 311 g/mol. The van der Waals surface area contributed by atoms with Gasteiger partial charge in [-0.1, -0.05) is 0 Å². The van der Waals surface area contributed by atoms with E-state index in [9.17, 15) is 4.79 Å². The van der Waals surface area contributed by atoms with Crippen molar-refractivity contribution in [2.24, 2.45) is 0 Å². The number of anilines is 2. The van der Waals surface area contributed by atoms with Gasteiger partial charge in [0.25, 0.3) is 0 Å². The second-order valence-corrected chi connectivity index (χ2v) is 4.77. The van der Waals surface area contributed by atoms with E-state index in [1.165, 1.54) is 7.11 Å². The largest absolute Gasteiger partial charge is 0.494 e. The van der Waals surface area contributed by atoms with Crippen LogP contribution in [0.25, 0.3) is 0 Å². The van der Waals surface area contributed by atoms with Crippen molar-refractivity contribution in [2.45, 2.75) is 0 Å². The van der Waals surface area contributed by atoms with Gasteiger partial charge in [0.1, 0.15) is 5.75 Å². The Morgan fingerprint density at radius 2 is 1.82 bits per heavy atom. The molecule has 0 aliphatic carbocycles. The van der Waals surface area contributed by atoms with Gasteiger partial charge < -0.3 is 25.3 Å². The van der Waals surface area contributed by atoms with E-state index in [0.717, 1.165) is 0 Å². The third kappa shape index (κ3) is 6.30. The monoisotopic (exact) mass is 311 g/mol. The molecule has 0 radical (unpaired) electrons. The van der Waals surface area contributed by atoms with Crippen LogP contribution in [0.3, 0.4) is 0 Å². The maximum absolute atomic E-state index is 12.2. The topological polar surface area (TPSA) is 86.1 Å². The minimum absolute atomic E-state index is 0.129. The zero-order valence-corrected chi connectivity index (χ0v) is 13.4. The first kappa shape index (κ1) is 18.2. The summed E-state index contributed by atoms with van der Waals surface area (Å²) in [6, 6.07) is 5.11. The van der Waals surface area contributed by atoms with Crippen LogP contribution in [0.5, 0.6) is 5.75 Å². The number of ether oxygens (including phenoxy) is 3. The number of nitrogens with one attached hydrogen (secondary N) is 1. The Labute approximate surface area is 131 Å². The van der Waals surface area contributed by atoms with Crippen LogP contribution in [0.4, 0.5) is 11.4 Å². The second-order valence-electron chi connectivity index (χ2n) is 4.77. The maximum Gasteiger partial charge on any atom is 0.238 e. The zero-order chi connectivity index (χ0) is 16.4. The molecule has 7 nitrogen and oxygen atoms in total. The van der Waals surface area contributed by atoms with Gasteiger partial charge in [-0.2, -0.15) is 0 Å². The number of benzene rings is 1. The highest BCUT2D eigenvalue weighted by molar-refractivity contribution is 5.94. The van der Waals surface area contributed by atoms with Gasteiger partial charge in [-0.05, 0) is 12.1 Å². The lowest BCUT2D eigenvalue weighted by atomic mass is 10.2. The van der Waals surface area contributed by atoms with Crippen LogP contribution in [0.1, 0.15) is 0 Å². The van der Waals surface area contributed by atoms with E-state index in [2.05, 4.69) is 5.32 Å². The number of amides is 1. The van der Waals surface area contributed by atoms with Crippen LogP contribution in [0.2, 0.25) is 0 Å². The molecule has 1 aromatic carbocycles. The molecule has 1 amide bonds. The summed E-state index contributed by atoms with van der Waals surface area (Å²) < 4.78 is 15.3. The van der Waals surface area contributed by atoms with Gasteiger partial charge in [0.05, 0.1) is 32.6 Å². The fraction of sp³-hybridized carbons (Fsp3) is 0.533.